The van der Waals surface area contributed by atoms with Crippen LogP contribution in [0.1, 0.15) is 70.6 Å². The van der Waals surface area contributed by atoms with Crippen LogP contribution in [0.4, 0.5) is 0 Å². The van der Waals surface area contributed by atoms with Gasteiger partial charge in [0.2, 0.25) is 0 Å². The maximum atomic E-state index is 6.13. The highest BCUT2D eigenvalue weighted by atomic mass is 16.5. The zero-order chi connectivity index (χ0) is 19.4. The predicted molar refractivity (Wildman–Crippen MR) is 113 cm³/mol. The standard InChI is InChI=1S/C22H41N3O3/c1-23-22(24-13-17-27-19-8-4-2-3-5-9-19)25-14-11-20(12-15-25)28-18-21-10-6-7-16-26-21/h19-21H,2-18H2,1H3,(H,23,24). The average Bonchev–Trinajstić information content (AvgIpc) is 3.02. The van der Waals surface area contributed by atoms with Crippen LogP contribution in [-0.4, -0.2) is 75.7 Å². The monoisotopic (exact) mass is 395 g/mol. The van der Waals surface area contributed by atoms with Crippen molar-refractivity contribution in [2.24, 2.45) is 4.99 Å². The second-order valence-corrected chi connectivity index (χ2v) is 8.47. The summed E-state index contributed by atoms with van der Waals surface area (Å²) in [6.45, 7) is 5.26. The average molecular weight is 396 g/mol. The van der Waals surface area contributed by atoms with Gasteiger partial charge < -0.3 is 24.4 Å². The van der Waals surface area contributed by atoms with Crippen LogP contribution in [0.2, 0.25) is 0 Å². The summed E-state index contributed by atoms with van der Waals surface area (Å²) < 4.78 is 18.0. The quantitative estimate of drug-likeness (QED) is 0.310. The second kappa shape index (κ2) is 12.7. The summed E-state index contributed by atoms with van der Waals surface area (Å²) in [6.07, 6.45) is 14.7. The van der Waals surface area contributed by atoms with Gasteiger partial charge in [0.05, 0.1) is 31.5 Å². The lowest BCUT2D eigenvalue weighted by Crippen LogP contribution is -2.48. The molecule has 28 heavy (non-hydrogen) atoms. The molecule has 0 aromatic heterocycles. The van der Waals surface area contributed by atoms with Crippen molar-refractivity contribution in [2.75, 3.05) is 46.5 Å². The summed E-state index contributed by atoms with van der Waals surface area (Å²) in [5.74, 6) is 0.999. The minimum atomic E-state index is 0.315. The van der Waals surface area contributed by atoms with Crippen molar-refractivity contribution in [3.8, 4) is 0 Å². The van der Waals surface area contributed by atoms with Gasteiger partial charge in [0.15, 0.2) is 5.96 Å². The van der Waals surface area contributed by atoms with E-state index in [4.69, 9.17) is 14.2 Å². The van der Waals surface area contributed by atoms with E-state index in [-0.39, 0.29) is 0 Å². The van der Waals surface area contributed by atoms with Gasteiger partial charge in [0.25, 0.3) is 0 Å². The van der Waals surface area contributed by atoms with Gasteiger partial charge in [-0.2, -0.15) is 0 Å². The first-order valence-electron chi connectivity index (χ1n) is 11.7. The Morgan fingerprint density at radius 1 is 0.929 bits per heavy atom. The van der Waals surface area contributed by atoms with Crippen LogP contribution in [0.15, 0.2) is 4.99 Å². The highest BCUT2D eigenvalue weighted by Crippen LogP contribution is 2.20. The lowest BCUT2D eigenvalue weighted by atomic mass is 10.1. The van der Waals surface area contributed by atoms with Gasteiger partial charge in [-0.15, -0.1) is 0 Å². The van der Waals surface area contributed by atoms with Crippen molar-refractivity contribution in [3.63, 3.8) is 0 Å². The van der Waals surface area contributed by atoms with E-state index in [1.807, 2.05) is 7.05 Å². The van der Waals surface area contributed by atoms with Crippen molar-refractivity contribution in [2.45, 2.75) is 88.9 Å². The topological polar surface area (TPSA) is 55.3 Å². The Kier molecular flexibility index (Phi) is 9.88. The molecule has 162 valence electrons. The molecule has 1 aliphatic carbocycles. The first kappa shape index (κ1) is 21.8. The maximum absolute atomic E-state index is 6.13. The molecule has 3 aliphatic rings. The number of hydrogen-bond acceptors (Lipinski definition) is 4. The molecule has 2 saturated heterocycles. The van der Waals surface area contributed by atoms with Gasteiger partial charge >= 0.3 is 0 Å². The molecule has 0 aromatic rings. The Labute approximate surface area is 171 Å². The molecule has 1 N–H and O–H groups in total. The van der Waals surface area contributed by atoms with E-state index in [1.165, 1.54) is 51.4 Å². The Balaban J connectivity index is 1.27. The number of likely N-dealkylation sites (tertiary alicyclic amines) is 1. The third kappa shape index (κ3) is 7.53. The Hall–Kier alpha value is -0.850. The summed E-state index contributed by atoms with van der Waals surface area (Å²) in [7, 11) is 1.87. The van der Waals surface area contributed by atoms with Gasteiger partial charge in [0.1, 0.15) is 0 Å². The summed E-state index contributed by atoms with van der Waals surface area (Å²) >= 11 is 0. The molecule has 0 spiro atoms. The van der Waals surface area contributed by atoms with Crippen LogP contribution in [0.5, 0.6) is 0 Å². The van der Waals surface area contributed by atoms with E-state index >= 15 is 0 Å². The summed E-state index contributed by atoms with van der Waals surface area (Å²) in [6, 6.07) is 0. The van der Waals surface area contributed by atoms with Crippen LogP contribution in [0.3, 0.4) is 0 Å². The minimum Gasteiger partial charge on any atom is -0.376 e. The number of aliphatic imine (C=N–C) groups is 1. The highest BCUT2D eigenvalue weighted by Gasteiger charge is 2.23. The Bertz CT molecular complexity index is 438. The summed E-state index contributed by atoms with van der Waals surface area (Å²) in [4.78, 5) is 6.82. The van der Waals surface area contributed by atoms with Crippen LogP contribution in [0, 0.1) is 0 Å². The lowest BCUT2D eigenvalue weighted by Gasteiger charge is -2.35. The van der Waals surface area contributed by atoms with E-state index in [1.54, 1.807) is 0 Å². The van der Waals surface area contributed by atoms with Crippen LogP contribution in [0.25, 0.3) is 0 Å². The molecule has 0 aromatic carbocycles. The number of hydrogen-bond donors (Lipinski definition) is 1. The Morgan fingerprint density at radius 2 is 1.64 bits per heavy atom. The molecular formula is C22H41N3O3. The molecule has 6 heteroatoms. The molecular weight excluding hydrogens is 354 g/mol. The molecule has 0 radical (unpaired) electrons. The molecule has 0 amide bonds. The fraction of sp³-hybridized carbons (Fsp3) is 0.955. The van der Waals surface area contributed by atoms with Crippen molar-refractivity contribution in [3.05, 3.63) is 0 Å². The van der Waals surface area contributed by atoms with E-state index in [9.17, 15) is 0 Å². The van der Waals surface area contributed by atoms with E-state index < -0.39 is 0 Å². The predicted octanol–water partition coefficient (Wildman–Crippen LogP) is 3.35. The molecule has 3 rings (SSSR count). The number of guanidine groups is 1. The molecule has 1 saturated carbocycles. The third-order valence-electron chi connectivity index (χ3n) is 6.29. The molecule has 2 aliphatic heterocycles. The van der Waals surface area contributed by atoms with Crippen molar-refractivity contribution in [1.29, 1.82) is 0 Å². The smallest absolute Gasteiger partial charge is 0.193 e. The zero-order valence-corrected chi connectivity index (χ0v) is 17.9. The van der Waals surface area contributed by atoms with Gasteiger partial charge in [-0.3, -0.25) is 4.99 Å². The molecule has 0 bridgehead atoms. The molecule has 3 fully saturated rings. The van der Waals surface area contributed by atoms with Gasteiger partial charge in [-0.25, -0.2) is 0 Å². The highest BCUT2D eigenvalue weighted by molar-refractivity contribution is 5.79. The second-order valence-electron chi connectivity index (χ2n) is 8.47. The molecule has 2 heterocycles. The van der Waals surface area contributed by atoms with Crippen molar-refractivity contribution < 1.29 is 14.2 Å². The number of nitrogens with one attached hydrogen (secondary N) is 1. The number of rotatable bonds is 7. The van der Waals surface area contributed by atoms with E-state index in [0.717, 1.165) is 64.7 Å². The molecule has 1 atom stereocenters. The van der Waals surface area contributed by atoms with Crippen molar-refractivity contribution >= 4 is 5.96 Å². The fourth-order valence-electron chi connectivity index (χ4n) is 4.55. The van der Waals surface area contributed by atoms with E-state index in [2.05, 4.69) is 15.2 Å². The van der Waals surface area contributed by atoms with Crippen molar-refractivity contribution in [1.82, 2.24) is 10.2 Å². The van der Waals surface area contributed by atoms with Crippen LogP contribution in [-0.2, 0) is 14.2 Å². The molecule has 6 nitrogen and oxygen atoms in total. The first-order chi connectivity index (χ1) is 13.8. The lowest BCUT2D eigenvalue weighted by molar-refractivity contribution is -0.0721. The van der Waals surface area contributed by atoms with E-state index in [0.29, 0.717) is 18.3 Å². The first-order valence-corrected chi connectivity index (χ1v) is 11.7. The summed E-state index contributed by atoms with van der Waals surface area (Å²) in [5.41, 5.74) is 0. The zero-order valence-electron chi connectivity index (χ0n) is 17.9. The third-order valence-corrected chi connectivity index (χ3v) is 6.29. The SMILES string of the molecule is CN=C(NCCOC1CCCCCC1)N1CCC(OCC2CCCCO2)CC1. The number of nitrogens with zero attached hydrogens (tertiary/aromatic N) is 2. The van der Waals surface area contributed by atoms with Crippen LogP contribution >= 0.6 is 0 Å². The minimum absolute atomic E-state index is 0.315. The normalized spacial score (nSPS) is 26.2. The van der Waals surface area contributed by atoms with Gasteiger partial charge in [0, 0.05) is 33.3 Å². The number of piperidine rings is 1. The fourth-order valence-corrected chi connectivity index (χ4v) is 4.55. The Morgan fingerprint density at radius 3 is 2.32 bits per heavy atom. The van der Waals surface area contributed by atoms with Gasteiger partial charge in [-0.1, -0.05) is 25.7 Å². The van der Waals surface area contributed by atoms with Crippen LogP contribution < -0.4 is 5.32 Å². The maximum Gasteiger partial charge on any atom is 0.193 e. The largest absolute Gasteiger partial charge is 0.376 e. The summed E-state index contributed by atoms with van der Waals surface area (Å²) in [5, 5.41) is 3.48. The molecule has 1 unspecified atom stereocenters. The van der Waals surface area contributed by atoms with Gasteiger partial charge in [-0.05, 0) is 44.9 Å². The number of ether oxygens (including phenoxy) is 3.